The average Bonchev–Trinajstić information content (AvgIpc) is 3.01. The van der Waals surface area contributed by atoms with E-state index in [4.69, 9.17) is 9.15 Å². The summed E-state index contributed by atoms with van der Waals surface area (Å²) in [7, 11) is 1.59. The Hall–Kier alpha value is -1.89. The van der Waals surface area contributed by atoms with Crippen LogP contribution in [0.4, 0.5) is 0 Å². The number of carbonyl (C=O) groups is 1. The average molecular weight is 332 g/mol. The van der Waals surface area contributed by atoms with Crippen molar-refractivity contribution in [1.29, 1.82) is 0 Å². The number of amides is 1. The number of hydrogen-bond donors (Lipinski definition) is 2. The molecule has 0 aliphatic carbocycles. The van der Waals surface area contributed by atoms with Crippen LogP contribution in [0.5, 0.6) is 0 Å². The maximum atomic E-state index is 12.4. The molecule has 0 saturated carbocycles. The van der Waals surface area contributed by atoms with Gasteiger partial charge in [0.15, 0.2) is 5.76 Å². The van der Waals surface area contributed by atoms with Crippen LogP contribution < -0.4 is 5.32 Å². The number of hydrogen-bond acceptors (Lipinski definition) is 5. The molecule has 1 aromatic heterocycles. The fraction of sp³-hybridized carbons (Fsp3) is 0.500. The van der Waals surface area contributed by atoms with Crippen LogP contribution in [0.25, 0.3) is 11.0 Å². The van der Waals surface area contributed by atoms with Gasteiger partial charge in [0.25, 0.3) is 5.91 Å². The summed E-state index contributed by atoms with van der Waals surface area (Å²) in [4.78, 5) is 14.6. The van der Waals surface area contributed by atoms with Crippen molar-refractivity contribution in [3.63, 3.8) is 0 Å². The Bertz CT molecular complexity index is 643. The van der Waals surface area contributed by atoms with Gasteiger partial charge in [0, 0.05) is 38.2 Å². The van der Waals surface area contributed by atoms with Crippen molar-refractivity contribution in [3.05, 3.63) is 36.1 Å². The van der Waals surface area contributed by atoms with Gasteiger partial charge in [0.2, 0.25) is 0 Å². The van der Waals surface area contributed by atoms with Crippen LogP contribution in [0, 0.1) is 0 Å². The Balaban J connectivity index is 1.49. The third kappa shape index (κ3) is 4.14. The number of ether oxygens (including phenoxy) is 1. The highest BCUT2D eigenvalue weighted by atomic mass is 16.5. The summed E-state index contributed by atoms with van der Waals surface area (Å²) in [5.41, 5.74) is 0.726. The number of aliphatic hydroxyl groups is 1. The molecule has 1 amide bonds. The van der Waals surface area contributed by atoms with Crippen molar-refractivity contribution in [2.45, 2.75) is 25.0 Å². The lowest BCUT2D eigenvalue weighted by atomic mass is 10.0. The quantitative estimate of drug-likeness (QED) is 0.841. The Labute approximate surface area is 141 Å². The second-order valence-electron chi connectivity index (χ2n) is 6.31. The summed E-state index contributed by atoms with van der Waals surface area (Å²) in [6, 6.07) is 9.52. The molecule has 2 N–H and O–H groups in total. The zero-order chi connectivity index (χ0) is 16.9. The predicted octanol–water partition coefficient (Wildman–Crippen LogP) is 1.63. The molecule has 1 fully saturated rings. The van der Waals surface area contributed by atoms with E-state index in [1.165, 1.54) is 0 Å². The predicted molar refractivity (Wildman–Crippen MR) is 91.0 cm³/mol. The monoisotopic (exact) mass is 332 g/mol. The van der Waals surface area contributed by atoms with Gasteiger partial charge >= 0.3 is 0 Å². The Morgan fingerprint density at radius 2 is 2.17 bits per heavy atom. The minimum absolute atomic E-state index is 0.140. The van der Waals surface area contributed by atoms with E-state index in [9.17, 15) is 9.90 Å². The van der Waals surface area contributed by atoms with Crippen LogP contribution in [-0.4, -0.2) is 61.4 Å². The second-order valence-corrected chi connectivity index (χ2v) is 6.31. The van der Waals surface area contributed by atoms with Crippen LogP contribution >= 0.6 is 0 Å². The summed E-state index contributed by atoms with van der Waals surface area (Å²) < 4.78 is 10.6. The van der Waals surface area contributed by atoms with E-state index in [1.807, 2.05) is 24.3 Å². The Morgan fingerprint density at radius 1 is 1.42 bits per heavy atom. The number of furan rings is 1. The number of nitrogens with one attached hydrogen (secondary N) is 1. The highest BCUT2D eigenvalue weighted by Crippen LogP contribution is 2.19. The number of piperidine rings is 1. The molecule has 130 valence electrons. The van der Waals surface area contributed by atoms with Crippen LogP contribution in [0.15, 0.2) is 34.7 Å². The van der Waals surface area contributed by atoms with E-state index < -0.39 is 6.10 Å². The Morgan fingerprint density at radius 3 is 2.88 bits per heavy atom. The van der Waals surface area contributed by atoms with E-state index in [0.29, 0.717) is 18.9 Å². The lowest BCUT2D eigenvalue weighted by molar-refractivity contribution is 0.0309. The lowest BCUT2D eigenvalue weighted by Gasteiger charge is -2.33. The zero-order valence-electron chi connectivity index (χ0n) is 13.9. The molecule has 24 heavy (non-hydrogen) atoms. The number of aliphatic hydroxyl groups excluding tert-OH is 1. The van der Waals surface area contributed by atoms with Gasteiger partial charge in [0.1, 0.15) is 5.58 Å². The molecule has 0 spiro atoms. The fourth-order valence-corrected chi connectivity index (χ4v) is 3.15. The third-order valence-electron chi connectivity index (χ3n) is 4.40. The smallest absolute Gasteiger partial charge is 0.287 e. The summed E-state index contributed by atoms with van der Waals surface area (Å²) in [6.07, 6.45) is 1.27. The molecular weight excluding hydrogens is 308 g/mol. The van der Waals surface area contributed by atoms with E-state index in [-0.39, 0.29) is 11.9 Å². The molecule has 1 aromatic carbocycles. The van der Waals surface area contributed by atoms with Crippen molar-refractivity contribution in [2.24, 2.45) is 0 Å². The lowest BCUT2D eigenvalue weighted by Crippen LogP contribution is -2.46. The maximum absolute atomic E-state index is 12.4. The molecule has 6 heteroatoms. The van der Waals surface area contributed by atoms with Gasteiger partial charge < -0.3 is 24.5 Å². The van der Waals surface area contributed by atoms with E-state index in [1.54, 1.807) is 13.2 Å². The minimum Gasteiger partial charge on any atom is -0.451 e. The number of rotatable bonds is 6. The van der Waals surface area contributed by atoms with Gasteiger partial charge in [-0.15, -0.1) is 0 Å². The molecule has 1 aliphatic heterocycles. The number of methoxy groups -OCH3 is 1. The standard InChI is InChI=1S/C18H24N2O4/c1-23-12-15(21)11-20-8-6-14(7-9-20)19-18(22)17-10-13-4-2-3-5-16(13)24-17/h2-5,10,14-15,21H,6-9,11-12H2,1H3,(H,19,22). The molecule has 2 aromatic rings. The first-order valence-electron chi connectivity index (χ1n) is 8.34. The topological polar surface area (TPSA) is 74.9 Å². The number of benzene rings is 1. The van der Waals surface area contributed by atoms with Crippen LogP contribution in [0.1, 0.15) is 23.4 Å². The van der Waals surface area contributed by atoms with Crippen molar-refractivity contribution in [2.75, 3.05) is 33.4 Å². The SMILES string of the molecule is COCC(O)CN1CCC(NC(=O)c2cc3ccccc3o2)CC1. The molecule has 1 saturated heterocycles. The van der Waals surface area contributed by atoms with E-state index in [0.717, 1.165) is 36.9 Å². The van der Waals surface area contributed by atoms with Crippen LogP contribution in [-0.2, 0) is 4.74 Å². The summed E-state index contributed by atoms with van der Waals surface area (Å²) in [5.74, 6) is 0.193. The number of para-hydroxylation sites is 1. The van der Waals surface area contributed by atoms with E-state index >= 15 is 0 Å². The second kappa shape index (κ2) is 7.79. The number of carbonyl (C=O) groups excluding carboxylic acids is 1. The molecule has 1 aliphatic rings. The first-order chi connectivity index (χ1) is 11.7. The minimum atomic E-state index is -0.461. The van der Waals surface area contributed by atoms with Gasteiger partial charge in [-0.2, -0.15) is 0 Å². The van der Waals surface area contributed by atoms with Crippen LogP contribution in [0.3, 0.4) is 0 Å². The van der Waals surface area contributed by atoms with Gasteiger partial charge in [-0.3, -0.25) is 4.79 Å². The van der Waals surface area contributed by atoms with Crippen molar-refractivity contribution in [1.82, 2.24) is 10.2 Å². The fourth-order valence-electron chi connectivity index (χ4n) is 3.15. The van der Waals surface area contributed by atoms with Crippen LogP contribution in [0.2, 0.25) is 0 Å². The number of fused-ring (bicyclic) bond motifs is 1. The number of nitrogens with zero attached hydrogens (tertiary/aromatic N) is 1. The van der Waals surface area contributed by atoms with Crippen molar-refractivity contribution in [3.8, 4) is 0 Å². The molecular formula is C18H24N2O4. The van der Waals surface area contributed by atoms with E-state index in [2.05, 4.69) is 10.2 Å². The first kappa shape index (κ1) is 17.0. The van der Waals surface area contributed by atoms with Gasteiger partial charge in [-0.05, 0) is 25.0 Å². The third-order valence-corrected chi connectivity index (χ3v) is 4.40. The highest BCUT2D eigenvalue weighted by Gasteiger charge is 2.23. The van der Waals surface area contributed by atoms with Crippen molar-refractivity contribution >= 4 is 16.9 Å². The molecule has 1 atom stereocenters. The maximum Gasteiger partial charge on any atom is 0.287 e. The van der Waals surface area contributed by atoms with Gasteiger partial charge in [0.05, 0.1) is 12.7 Å². The number of likely N-dealkylation sites (tertiary alicyclic amines) is 1. The molecule has 0 bridgehead atoms. The molecule has 3 rings (SSSR count). The normalized spacial score (nSPS) is 17.9. The number of β-amino-alcohol motifs (C(OH)–C–C–N with tert-alkyl or cyclic N) is 1. The highest BCUT2D eigenvalue weighted by molar-refractivity contribution is 5.96. The van der Waals surface area contributed by atoms with Crippen molar-refractivity contribution < 1.29 is 19.1 Å². The largest absolute Gasteiger partial charge is 0.451 e. The molecule has 6 nitrogen and oxygen atoms in total. The van der Waals surface area contributed by atoms with Gasteiger partial charge in [-0.25, -0.2) is 0 Å². The van der Waals surface area contributed by atoms with Gasteiger partial charge in [-0.1, -0.05) is 18.2 Å². The summed E-state index contributed by atoms with van der Waals surface area (Å²) in [6.45, 7) is 2.67. The summed E-state index contributed by atoms with van der Waals surface area (Å²) in [5, 5.41) is 13.8. The Kier molecular flexibility index (Phi) is 5.50. The zero-order valence-corrected chi connectivity index (χ0v) is 13.9. The molecule has 1 unspecified atom stereocenters. The molecule has 0 radical (unpaired) electrons. The first-order valence-corrected chi connectivity index (χ1v) is 8.34. The molecule has 2 heterocycles. The summed E-state index contributed by atoms with van der Waals surface area (Å²) >= 11 is 0.